The first kappa shape index (κ1) is 20.7. The molecule has 2 aromatic heterocycles. The fourth-order valence-electron chi connectivity index (χ4n) is 3.67. The minimum absolute atomic E-state index is 0.0209. The number of thioether (sulfide) groups is 1. The highest BCUT2D eigenvalue weighted by atomic mass is 32.2. The highest BCUT2D eigenvalue weighted by Crippen LogP contribution is 2.30. The highest BCUT2D eigenvalue weighted by molar-refractivity contribution is 7.99. The molecule has 7 nitrogen and oxygen atoms in total. The molecule has 1 aliphatic heterocycles. The molecule has 0 bridgehead atoms. The smallest absolute Gasteiger partial charge is 0.230 e. The van der Waals surface area contributed by atoms with Gasteiger partial charge in [-0.1, -0.05) is 30.0 Å². The number of carbonyl (C=O) groups is 1. The van der Waals surface area contributed by atoms with Crippen LogP contribution >= 0.6 is 23.1 Å². The summed E-state index contributed by atoms with van der Waals surface area (Å²) in [7, 11) is 3.62. The molecule has 9 heteroatoms. The van der Waals surface area contributed by atoms with E-state index in [4.69, 9.17) is 4.74 Å². The molecule has 0 saturated carbocycles. The fraction of sp³-hybridized carbons (Fsp3) is 0.381. The van der Waals surface area contributed by atoms with Crippen LogP contribution in [0.25, 0.3) is 10.7 Å². The van der Waals surface area contributed by atoms with Crippen molar-refractivity contribution in [2.45, 2.75) is 24.0 Å². The molecule has 0 radical (unpaired) electrons. The Hall–Kier alpha value is -2.52. The van der Waals surface area contributed by atoms with Gasteiger partial charge in [-0.15, -0.1) is 21.5 Å². The molecule has 0 aliphatic carbocycles. The van der Waals surface area contributed by atoms with E-state index in [0.29, 0.717) is 5.75 Å². The second kappa shape index (κ2) is 9.53. The van der Waals surface area contributed by atoms with Gasteiger partial charge >= 0.3 is 0 Å². The molecule has 30 heavy (non-hydrogen) atoms. The van der Waals surface area contributed by atoms with Crippen LogP contribution in [0.3, 0.4) is 0 Å². The van der Waals surface area contributed by atoms with Crippen LogP contribution < -0.4 is 15.0 Å². The largest absolute Gasteiger partial charge is 0.495 e. The van der Waals surface area contributed by atoms with Gasteiger partial charge < -0.3 is 19.5 Å². The third-order valence-corrected chi connectivity index (χ3v) is 7.01. The lowest BCUT2D eigenvalue weighted by Gasteiger charge is -2.35. The number of ether oxygens (including phenoxy) is 1. The Balaban J connectivity index is 1.32. The van der Waals surface area contributed by atoms with Crippen LogP contribution in [0.4, 0.5) is 5.69 Å². The second-order valence-electron chi connectivity index (χ2n) is 7.16. The molecule has 1 fully saturated rings. The molecule has 3 heterocycles. The number of hydrogen-bond donors (Lipinski definition) is 1. The van der Waals surface area contributed by atoms with E-state index in [1.54, 1.807) is 18.4 Å². The predicted octanol–water partition coefficient (Wildman–Crippen LogP) is 3.43. The number of piperidine rings is 1. The summed E-state index contributed by atoms with van der Waals surface area (Å²) < 4.78 is 7.43. The number of nitrogens with one attached hydrogen (secondary N) is 1. The average molecular weight is 444 g/mol. The van der Waals surface area contributed by atoms with Crippen molar-refractivity contribution in [3.05, 3.63) is 41.8 Å². The van der Waals surface area contributed by atoms with Gasteiger partial charge in [0.25, 0.3) is 0 Å². The van der Waals surface area contributed by atoms with E-state index in [0.717, 1.165) is 53.2 Å². The van der Waals surface area contributed by atoms with E-state index in [1.807, 2.05) is 47.3 Å². The average Bonchev–Trinajstić information content (AvgIpc) is 3.42. The number of nitrogens with zero attached hydrogens (tertiary/aromatic N) is 4. The standard InChI is InChI=1S/C21H25N5O2S2/c1-25-20(18-10-6-12-29-18)23-24-21(25)30-14-19(27)22-15-7-5-11-26(13-15)16-8-3-4-9-17(16)28-2/h3-4,6,8-10,12,15H,5,7,11,13-14H2,1-2H3,(H,22,27). The zero-order chi connectivity index (χ0) is 20.9. The van der Waals surface area contributed by atoms with Crippen molar-refractivity contribution in [1.29, 1.82) is 0 Å². The topological polar surface area (TPSA) is 72.3 Å². The SMILES string of the molecule is COc1ccccc1N1CCCC(NC(=O)CSc2nnc(-c3cccs3)n2C)C1. The normalized spacial score (nSPS) is 16.5. The lowest BCUT2D eigenvalue weighted by Crippen LogP contribution is -2.48. The number of anilines is 1. The number of para-hydroxylation sites is 2. The zero-order valence-corrected chi connectivity index (χ0v) is 18.7. The van der Waals surface area contributed by atoms with Crippen molar-refractivity contribution in [1.82, 2.24) is 20.1 Å². The van der Waals surface area contributed by atoms with Gasteiger partial charge in [0.1, 0.15) is 5.75 Å². The number of methoxy groups -OCH3 is 1. The van der Waals surface area contributed by atoms with E-state index in [9.17, 15) is 4.79 Å². The van der Waals surface area contributed by atoms with Gasteiger partial charge in [-0.2, -0.15) is 0 Å². The molecule has 4 rings (SSSR count). The van der Waals surface area contributed by atoms with Gasteiger partial charge in [-0.25, -0.2) is 0 Å². The number of hydrogen-bond acceptors (Lipinski definition) is 7. The minimum Gasteiger partial charge on any atom is -0.495 e. The van der Waals surface area contributed by atoms with Crippen molar-refractivity contribution >= 4 is 34.7 Å². The molecular weight excluding hydrogens is 418 g/mol. The summed E-state index contributed by atoms with van der Waals surface area (Å²) in [6.07, 6.45) is 2.01. The molecule has 1 atom stereocenters. The van der Waals surface area contributed by atoms with Crippen LogP contribution in [0.5, 0.6) is 5.75 Å². The van der Waals surface area contributed by atoms with Gasteiger partial charge in [-0.3, -0.25) is 4.79 Å². The summed E-state index contributed by atoms with van der Waals surface area (Å²) in [5.41, 5.74) is 1.08. The Morgan fingerprint density at radius 2 is 2.17 bits per heavy atom. The number of thiophene rings is 1. The monoisotopic (exact) mass is 443 g/mol. The maximum Gasteiger partial charge on any atom is 0.230 e. The Labute approximate surface area is 184 Å². The molecule has 158 valence electrons. The van der Waals surface area contributed by atoms with Gasteiger partial charge in [0.2, 0.25) is 5.91 Å². The second-order valence-corrected chi connectivity index (χ2v) is 9.05. The van der Waals surface area contributed by atoms with Gasteiger partial charge in [0.05, 0.1) is 23.4 Å². The van der Waals surface area contributed by atoms with Gasteiger partial charge in [0.15, 0.2) is 11.0 Å². The van der Waals surface area contributed by atoms with Gasteiger partial charge in [-0.05, 0) is 36.4 Å². The molecule has 1 aromatic carbocycles. The molecule has 1 aliphatic rings. The number of amides is 1. The Bertz CT molecular complexity index is 989. The molecule has 3 aromatic rings. The Morgan fingerprint density at radius 1 is 1.30 bits per heavy atom. The fourth-order valence-corrected chi connectivity index (χ4v) is 5.13. The molecule has 1 saturated heterocycles. The van der Waals surface area contributed by atoms with Crippen LogP contribution in [0.1, 0.15) is 12.8 Å². The minimum atomic E-state index is 0.0209. The van der Waals surface area contributed by atoms with Crippen molar-refractivity contribution in [2.75, 3.05) is 30.9 Å². The van der Waals surface area contributed by atoms with E-state index in [2.05, 4.69) is 26.5 Å². The van der Waals surface area contributed by atoms with E-state index in [1.165, 1.54) is 11.8 Å². The van der Waals surface area contributed by atoms with Crippen LogP contribution in [0.15, 0.2) is 46.9 Å². The number of aromatic nitrogens is 3. The summed E-state index contributed by atoms with van der Waals surface area (Å²) in [4.78, 5) is 15.9. The molecule has 1 unspecified atom stereocenters. The van der Waals surface area contributed by atoms with Crippen molar-refractivity contribution in [2.24, 2.45) is 7.05 Å². The van der Waals surface area contributed by atoms with Crippen LogP contribution in [-0.2, 0) is 11.8 Å². The summed E-state index contributed by atoms with van der Waals surface area (Å²) in [5.74, 6) is 2.03. The lowest BCUT2D eigenvalue weighted by atomic mass is 10.0. The van der Waals surface area contributed by atoms with Crippen LogP contribution in [0, 0.1) is 0 Å². The molecule has 1 N–H and O–H groups in total. The summed E-state index contributed by atoms with van der Waals surface area (Å²) in [6, 6.07) is 12.2. The van der Waals surface area contributed by atoms with Crippen molar-refractivity contribution in [3.63, 3.8) is 0 Å². The third-order valence-electron chi connectivity index (χ3n) is 5.12. The number of rotatable bonds is 7. The summed E-state index contributed by atoms with van der Waals surface area (Å²) in [5, 5.41) is 14.4. The van der Waals surface area contributed by atoms with Gasteiger partial charge in [0, 0.05) is 26.2 Å². The van der Waals surface area contributed by atoms with E-state index < -0.39 is 0 Å². The van der Waals surface area contributed by atoms with Crippen LogP contribution in [-0.4, -0.2) is 52.7 Å². The molecular formula is C21H25N5O2S2. The quantitative estimate of drug-likeness (QED) is 0.564. The first-order valence-electron chi connectivity index (χ1n) is 9.89. The first-order valence-corrected chi connectivity index (χ1v) is 11.8. The maximum atomic E-state index is 12.6. The number of benzene rings is 1. The predicted molar refractivity (Wildman–Crippen MR) is 121 cm³/mol. The number of carbonyl (C=O) groups excluding carboxylic acids is 1. The Kier molecular flexibility index (Phi) is 6.59. The maximum absolute atomic E-state index is 12.6. The van der Waals surface area contributed by atoms with E-state index >= 15 is 0 Å². The Morgan fingerprint density at radius 3 is 2.97 bits per heavy atom. The first-order chi connectivity index (χ1) is 14.7. The van der Waals surface area contributed by atoms with Crippen LogP contribution in [0.2, 0.25) is 0 Å². The summed E-state index contributed by atoms with van der Waals surface area (Å²) >= 11 is 3.04. The van der Waals surface area contributed by atoms with Crippen molar-refractivity contribution < 1.29 is 9.53 Å². The third kappa shape index (κ3) is 4.62. The zero-order valence-electron chi connectivity index (χ0n) is 17.1. The van der Waals surface area contributed by atoms with E-state index in [-0.39, 0.29) is 11.9 Å². The van der Waals surface area contributed by atoms with Crippen molar-refractivity contribution in [3.8, 4) is 16.5 Å². The summed E-state index contributed by atoms with van der Waals surface area (Å²) in [6.45, 7) is 1.75. The molecule has 0 spiro atoms. The lowest BCUT2D eigenvalue weighted by molar-refractivity contribution is -0.119. The highest BCUT2D eigenvalue weighted by Gasteiger charge is 2.23. The molecule has 1 amide bonds.